The van der Waals surface area contributed by atoms with E-state index in [1.807, 2.05) is 0 Å². The first kappa shape index (κ1) is 19.1. The molecule has 1 aliphatic rings. The largest absolute Gasteiger partial charge is 0.494 e. The summed E-state index contributed by atoms with van der Waals surface area (Å²) in [5.41, 5.74) is -1.03. The number of imide groups is 1. The molecule has 1 heterocycles. The summed E-state index contributed by atoms with van der Waals surface area (Å²) < 4.78 is 31.6. The minimum Gasteiger partial charge on any atom is -0.494 e. The third-order valence-electron chi connectivity index (χ3n) is 4.35. The normalized spacial score (nSPS) is 19.3. The highest BCUT2D eigenvalue weighted by atomic mass is 35.5. The zero-order chi connectivity index (χ0) is 19.6. The summed E-state index contributed by atoms with van der Waals surface area (Å²) in [6.07, 6.45) is 0.393. The zero-order valence-electron chi connectivity index (χ0n) is 14.5. The molecule has 0 saturated carbocycles. The second-order valence-corrected chi connectivity index (χ2v) is 6.70. The summed E-state index contributed by atoms with van der Waals surface area (Å²) in [4.78, 5) is 26.1. The first-order valence-electron chi connectivity index (χ1n) is 8.29. The molecule has 0 radical (unpaired) electrons. The maximum Gasteiger partial charge on any atom is 0.325 e. The van der Waals surface area contributed by atoms with E-state index in [1.165, 1.54) is 43.3 Å². The van der Waals surface area contributed by atoms with Crippen molar-refractivity contribution in [2.45, 2.75) is 18.9 Å². The fourth-order valence-electron chi connectivity index (χ4n) is 2.92. The average Bonchev–Trinajstić information content (AvgIpc) is 2.83. The van der Waals surface area contributed by atoms with Gasteiger partial charge in [0.1, 0.15) is 22.9 Å². The van der Waals surface area contributed by atoms with Gasteiger partial charge in [0.05, 0.1) is 6.61 Å². The van der Waals surface area contributed by atoms with Gasteiger partial charge in [-0.2, -0.15) is 0 Å². The van der Waals surface area contributed by atoms with E-state index >= 15 is 0 Å². The van der Waals surface area contributed by atoms with Crippen LogP contribution in [0.5, 0.6) is 5.75 Å². The SMILES string of the molecule is CC1(c2ccc(F)cc2Cl)NC(=O)N(CCCOc2ccc(F)cc2)C1=O. The molecule has 2 aromatic carbocycles. The van der Waals surface area contributed by atoms with Crippen molar-refractivity contribution < 1.29 is 23.1 Å². The quantitative estimate of drug-likeness (QED) is 0.598. The van der Waals surface area contributed by atoms with Gasteiger partial charge in [-0.1, -0.05) is 17.7 Å². The minimum atomic E-state index is -1.36. The van der Waals surface area contributed by atoms with Crippen LogP contribution in [0, 0.1) is 11.6 Å². The van der Waals surface area contributed by atoms with E-state index in [9.17, 15) is 18.4 Å². The molecule has 27 heavy (non-hydrogen) atoms. The van der Waals surface area contributed by atoms with Gasteiger partial charge >= 0.3 is 6.03 Å². The number of hydrogen-bond donors (Lipinski definition) is 1. The number of rotatable bonds is 6. The molecule has 1 atom stereocenters. The highest BCUT2D eigenvalue weighted by Crippen LogP contribution is 2.34. The lowest BCUT2D eigenvalue weighted by atomic mass is 9.92. The Morgan fingerprint density at radius 3 is 2.44 bits per heavy atom. The van der Waals surface area contributed by atoms with Gasteiger partial charge in [-0.25, -0.2) is 13.6 Å². The number of ether oxygens (including phenoxy) is 1. The standard InChI is InChI=1S/C19H17ClF2N2O3/c1-19(15-8-5-13(22)11-16(15)20)17(25)24(18(26)23-19)9-2-10-27-14-6-3-12(21)4-7-14/h3-8,11H,2,9-10H2,1H3,(H,23,26). The van der Waals surface area contributed by atoms with Gasteiger partial charge in [0.25, 0.3) is 5.91 Å². The topological polar surface area (TPSA) is 58.6 Å². The Bertz CT molecular complexity index is 876. The molecule has 3 amide bonds. The molecule has 1 unspecified atom stereocenters. The lowest BCUT2D eigenvalue weighted by molar-refractivity contribution is -0.131. The Kier molecular flexibility index (Phi) is 5.32. The molecule has 2 aromatic rings. The Labute approximate surface area is 159 Å². The Balaban J connectivity index is 1.62. The van der Waals surface area contributed by atoms with Crippen LogP contribution < -0.4 is 10.1 Å². The summed E-state index contributed by atoms with van der Waals surface area (Å²) in [7, 11) is 0. The lowest BCUT2D eigenvalue weighted by Gasteiger charge is -2.23. The second kappa shape index (κ2) is 7.52. The van der Waals surface area contributed by atoms with Crippen LogP contribution >= 0.6 is 11.6 Å². The smallest absolute Gasteiger partial charge is 0.325 e. The summed E-state index contributed by atoms with van der Waals surface area (Å²) >= 11 is 6.06. The Morgan fingerprint density at radius 2 is 1.78 bits per heavy atom. The molecule has 0 aliphatic carbocycles. The van der Waals surface area contributed by atoms with Crippen LogP contribution in [0.25, 0.3) is 0 Å². The average molecular weight is 395 g/mol. The molecule has 1 aliphatic heterocycles. The fraction of sp³-hybridized carbons (Fsp3) is 0.263. The zero-order valence-corrected chi connectivity index (χ0v) is 15.2. The first-order valence-corrected chi connectivity index (χ1v) is 8.67. The molecule has 1 saturated heterocycles. The molecule has 0 spiro atoms. The molecule has 0 aromatic heterocycles. The van der Waals surface area contributed by atoms with Gasteiger partial charge in [-0.05, 0) is 49.7 Å². The maximum atomic E-state index is 13.3. The second-order valence-electron chi connectivity index (χ2n) is 6.29. The van der Waals surface area contributed by atoms with Crippen LogP contribution in [0.15, 0.2) is 42.5 Å². The fourth-order valence-corrected chi connectivity index (χ4v) is 3.28. The van der Waals surface area contributed by atoms with Crippen molar-refractivity contribution >= 4 is 23.5 Å². The maximum absolute atomic E-state index is 13.3. The van der Waals surface area contributed by atoms with Crippen molar-refractivity contribution in [3.05, 3.63) is 64.7 Å². The molecule has 0 bridgehead atoms. The van der Waals surface area contributed by atoms with Crippen LogP contribution in [0.2, 0.25) is 5.02 Å². The van der Waals surface area contributed by atoms with Gasteiger partial charge in [-0.15, -0.1) is 0 Å². The van der Waals surface area contributed by atoms with Crippen LogP contribution in [0.4, 0.5) is 13.6 Å². The number of halogens is 3. The molecule has 1 fully saturated rings. The molecular formula is C19H17ClF2N2O3. The van der Waals surface area contributed by atoms with Crippen molar-refractivity contribution in [3.8, 4) is 5.75 Å². The number of carbonyl (C=O) groups excluding carboxylic acids is 2. The monoisotopic (exact) mass is 394 g/mol. The van der Waals surface area contributed by atoms with Gasteiger partial charge < -0.3 is 10.1 Å². The number of hydrogen-bond acceptors (Lipinski definition) is 3. The highest BCUT2D eigenvalue weighted by molar-refractivity contribution is 6.32. The van der Waals surface area contributed by atoms with E-state index in [0.717, 1.165) is 11.0 Å². The van der Waals surface area contributed by atoms with Gasteiger partial charge in [-0.3, -0.25) is 9.69 Å². The third-order valence-corrected chi connectivity index (χ3v) is 4.67. The van der Waals surface area contributed by atoms with Crippen molar-refractivity contribution in [1.82, 2.24) is 10.2 Å². The molecule has 3 rings (SSSR count). The van der Waals surface area contributed by atoms with E-state index in [1.54, 1.807) is 0 Å². The van der Waals surface area contributed by atoms with Crippen molar-refractivity contribution in [2.75, 3.05) is 13.2 Å². The molecule has 8 heteroatoms. The van der Waals surface area contributed by atoms with Gasteiger partial charge in [0.2, 0.25) is 0 Å². The van der Waals surface area contributed by atoms with Crippen molar-refractivity contribution in [1.29, 1.82) is 0 Å². The summed E-state index contributed by atoms with van der Waals surface area (Å²) in [6, 6.07) is 8.68. The first-order chi connectivity index (χ1) is 12.8. The lowest BCUT2D eigenvalue weighted by Crippen LogP contribution is -2.41. The van der Waals surface area contributed by atoms with E-state index in [4.69, 9.17) is 16.3 Å². The molecular weight excluding hydrogens is 378 g/mol. The number of benzene rings is 2. The number of carbonyl (C=O) groups is 2. The van der Waals surface area contributed by atoms with Crippen molar-refractivity contribution in [3.63, 3.8) is 0 Å². The van der Waals surface area contributed by atoms with Crippen LogP contribution in [-0.2, 0) is 10.3 Å². The van der Waals surface area contributed by atoms with Crippen LogP contribution in [0.3, 0.4) is 0 Å². The summed E-state index contributed by atoms with van der Waals surface area (Å²) in [5.74, 6) is -0.862. The van der Waals surface area contributed by atoms with E-state index in [-0.39, 0.29) is 24.0 Å². The highest BCUT2D eigenvalue weighted by Gasteiger charge is 2.49. The van der Waals surface area contributed by atoms with Crippen LogP contribution in [0.1, 0.15) is 18.9 Å². The molecule has 5 nitrogen and oxygen atoms in total. The number of urea groups is 1. The summed E-state index contributed by atoms with van der Waals surface area (Å²) in [5, 5.41) is 2.68. The minimum absolute atomic E-state index is 0.0626. The summed E-state index contributed by atoms with van der Waals surface area (Å²) in [6.45, 7) is 1.92. The molecule has 1 N–H and O–H groups in total. The van der Waals surface area contributed by atoms with E-state index < -0.39 is 23.3 Å². The predicted molar refractivity (Wildman–Crippen MR) is 95.5 cm³/mol. The Morgan fingerprint density at radius 1 is 1.11 bits per heavy atom. The number of nitrogens with one attached hydrogen (secondary N) is 1. The molecule has 142 valence electrons. The van der Waals surface area contributed by atoms with Gasteiger partial charge in [0.15, 0.2) is 0 Å². The van der Waals surface area contributed by atoms with E-state index in [2.05, 4.69) is 5.32 Å². The van der Waals surface area contributed by atoms with Crippen LogP contribution in [-0.4, -0.2) is 30.0 Å². The third kappa shape index (κ3) is 3.88. The predicted octanol–water partition coefficient (Wildman–Crippen LogP) is 3.85. The Hall–Kier alpha value is -2.67. The number of nitrogens with zero attached hydrogens (tertiary/aromatic N) is 1. The number of amides is 3. The van der Waals surface area contributed by atoms with Crippen molar-refractivity contribution in [2.24, 2.45) is 0 Å². The van der Waals surface area contributed by atoms with E-state index in [0.29, 0.717) is 17.7 Å². The van der Waals surface area contributed by atoms with Gasteiger partial charge in [0, 0.05) is 17.1 Å².